The van der Waals surface area contributed by atoms with Gasteiger partial charge < -0.3 is 29.9 Å². The Morgan fingerprint density at radius 2 is 2.06 bits per heavy atom. The Morgan fingerprint density at radius 3 is 2.70 bits per heavy atom. The minimum Gasteiger partial charge on any atom is -0.483 e. The van der Waals surface area contributed by atoms with Crippen molar-refractivity contribution in [2.24, 2.45) is 12.8 Å². The third-order valence-electron chi connectivity index (χ3n) is 4.31. The van der Waals surface area contributed by atoms with E-state index in [-0.39, 0.29) is 41.2 Å². The molecule has 4 N–H and O–H groups in total. The topological polar surface area (TPSA) is 171 Å². The number of anilines is 2. The second kappa shape index (κ2) is 9.36. The summed E-state index contributed by atoms with van der Waals surface area (Å²) in [5, 5.41) is 21.5. The first-order valence-corrected chi connectivity index (χ1v) is 10.5. The van der Waals surface area contributed by atoms with Gasteiger partial charge in [-0.3, -0.25) is 4.79 Å². The van der Waals surface area contributed by atoms with Crippen LogP contribution in [0.5, 0.6) is 5.75 Å². The van der Waals surface area contributed by atoms with Crippen LogP contribution in [0.15, 0.2) is 39.9 Å². The number of carbonyl (C=O) groups excluding carboxylic acids is 1. The Balaban J connectivity index is 1.96. The van der Waals surface area contributed by atoms with Crippen molar-refractivity contribution in [1.82, 2.24) is 24.7 Å². The molecule has 0 spiro atoms. The maximum atomic E-state index is 12.6. The molecule has 0 fully saturated rings. The second-order valence-corrected chi connectivity index (χ2v) is 7.85. The zero-order valence-corrected chi connectivity index (χ0v) is 18.6. The number of halogens is 1. The number of aliphatic hydroxyl groups is 1. The average molecular weight is 490 g/mol. The Bertz CT molecular complexity index is 1350. The highest BCUT2D eigenvalue weighted by atomic mass is 35.5. The van der Waals surface area contributed by atoms with Gasteiger partial charge in [0, 0.05) is 25.6 Å². The molecule has 33 heavy (non-hydrogen) atoms. The average Bonchev–Trinajstić information content (AvgIpc) is 3.39. The lowest BCUT2D eigenvalue weighted by molar-refractivity contribution is 0.0969. The van der Waals surface area contributed by atoms with Gasteiger partial charge >= 0.3 is 5.63 Å². The van der Waals surface area contributed by atoms with Crippen molar-refractivity contribution in [3.05, 3.63) is 51.9 Å². The van der Waals surface area contributed by atoms with Gasteiger partial charge in [0.1, 0.15) is 12.3 Å². The molecule has 0 aromatic carbocycles. The van der Waals surface area contributed by atoms with E-state index < -0.39 is 17.3 Å². The second-order valence-electron chi connectivity index (χ2n) is 6.47. The number of carbonyl (C=O) groups is 1. The van der Waals surface area contributed by atoms with Gasteiger partial charge in [-0.05, 0) is 12.1 Å². The van der Waals surface area contributed by atoms with Gasteiger partial charge in [-0.25, -0.2) is 14.8 Å². The summed E-state index contributed by atoms with van der Waals surface area (Å²) in [6.07, 6.45) is 4.71. The Hall–Kier alpha value is -3.81. The number of aryl methyl sites for hydroxylation is 1. The van der Waals surface area contributed by atoms with Crippen LogP contribution in [0, 0.1) is 0 Å². The lowest BCUT2D eigenvalue weighted by Crippen LogP contribution is -2.20. The van der Waals surface area contributed by atoms with Crippen LogP contribution in [0.4, 0.5) is 11.6 Å². The van der Waals surface area contributed by atoms with E-state index in [4.69, 9.17) is 26.5 Å². The van der Waals surface area contributed by atoms with E-state index in [1.165, 1.54) is 12.4 Å². The van der Waals surface area contributed by atoms with E-state index in [0.717, 1.165) is 11.3 Å². The van der Waals surface area contributed by atoms with Crippen molar-refractivity contribution in [2.75, 3.05) is 18.5 Å². The van der Waals surface area contributed by atoms with Crippen LogP contribution in [0.2, 0.25) is 5.02 Å². The molecule has 12 nitrogen and oxygen atoms in total. The molecule has 4 heterocycles. The number of amides is 1. The lowest BCUT2D eigenvalue weighted by Gasteiger charge is -2.15. The van der Waals surface area contributed by atoms with E-state index in [1.54, 1.807) is 29.9 Å². The third-order valence-corrected chi connectivity index (χ3v) is 5.57. The number of ether oxygens (including phenoxy) is 1. The number of primary amides is 1. The molecule has 4 aromatic rings. The largest absolute Gasteiger partial charge is 0.483 e. The Labute approximate surface area is 194 Å². The number of nitrogens with two attached hydrogens (primary N) is 1. The normalized spacial score (nSPS) is 10.9. The number of nitrogens with zero attached hydrogens (tertiary/aromatic N) is 5. The summed E-state index contributed by atoms with van der Waals surface area (Å²) in [7, 11) is 1.79. The molecule has 14 heteroatoms. The van der Waals surface area contributed by atoms with Crippen molar-refractivity contribution in [1.29, 1.82) is 0 Å². The molecule has 0 aliphatic carbocycles. The summed E-state index contributed by atoms with van der Waals surface area (Å²) in [5.41, 5.74) is 5.13. The standard InChI is InChI=1S/C19H16ClN7O5S/c1-27-6-3-9(20)12(27)17-26-25-16(33-17)10-11(24-19-22-4-2-5-23-19)14(31-8-7-28)18(30)32-13(10)15(21)29/h2-6,28H,7-8H2,1H3,(H2,21,29)(H,22,23,24). The summed E-state index contributed by atoms with van der Waals surface area (Å²) in [6.45, 7) is -0.590. The molecular formula is C19H16ClN7O5S. The van der Waals surface area contributed by atoms with Gasteiger partial charge in [0.2, 0.25) is 17.5 Å². The molecule has 4 aromatic heterocycles. The van der Waals surface area contributed by atoms with Crippen LogP contribution in [0.25, 0.3) is 21.3 Å². The minimum absolute atomic E-state index is 0.0135. The molecular weight excluding hydrogens is 474 g/mol. The first-order chi connectivity index (χ1) is 15.9. The molecule has 0 radical (unpaired) electrons. The van der Waals surface area contributed by atoms with Crippen LogP contribution >= 0.6 is 22.9 Å². The molecule has 0 bridgehead atoms. The van der Waals surface area contributed by atoms with Crippen LogP contribution < -0.4 is 21.4 Å². The number of rotatable bonds is 8. The van der Waals surface area contributed by atoms with E-state index in [0.29, 0.717) is 15.7 Å². The van der Waals surface area contributed by atoms with Crippen molar-refractivity contribution in [3.8, 4) is 27.0 Å². The van der Waals surface area contributed by atoms with Gasteiger partial charge in [0.25, 0.3) is 5.91 Å². The monoisotopic (exact) mass is 489 g/mol. The van der Waals surface area contributed by atoms with Crippen molar-refractivity contribution >= 4 is 40.5 Å². The summed E-state index contributed by atoms with van der Waals surface area (Å²) >= 11 is 7.35. The number of hydrogen-bond acceptors (Lipinski definition) is 11. The highest BCUT2D eigenvalue weighted by Crippen LogP contribution is 2.41. The summed E-state index contributed by atoms with van der Waals surface area (Å²) in [4.78, 5) is 33.0. The maximum Gasteiger partial charge on any atom is 0.381 e. The summed E-state index contributed by atoms with van der Waals surface area (Å²) < 4.78 is 12.3. The first kappa shape index (κ1) is 22.4. The third kappa shape index (κ3) is 4.41. The fourth-order valence-electron chi connectivity index (χ4n) is 2.94. The van der Waals surface area contributed by atoms with Gasteiger partial charge in [-0.1, -0.05) is 22.9 Å². The SMILES string of the molecule is Cn1ccc(Cl)c1-c1nnc(-c2c(C(N)=O)oc(=O)c(OCCO)c2Nc2ncccn2)s1. The lowest BCUT2D eigenvalue weighted by atomic mass is 10.1. The van der Waals surface area contributed by atoms with Gasteiger partial charge in [0.15, 0.2) is 10.0 Å². The smallest absolute Gasteiger partial charge is 0.381 e. The van der Waals surface area contributed by atoms with Crippen LogP contribution in [0.3, 0.4) is 0 Å². The van der Waals surface area contributed by atoms with Crippen LogP contribution in [0.1, 0.15) is 10.6 Å². The molecule has 1 amide bonds. The maximum absolute atomic E-state index is 12.6. The quantitative estimate of drug-likeness (QED) is 0.331. The molecule has 0 saturated carbocycles. The van der Waals surface area contributed by atoms with Crippen LogP contribution in [-0.2, 0) is 7.05 Å². The van der Waals surface area contributed by atoms with Gasteiger partial charge in [-0.2, -0.15) is 0 Å². The van der Waals surface area contributed by atoms with E-state index >= 15 is 0 Å². The number of aliphatic hydroxyl groups excluding tert-OH is 1. The molecule has 0 saturated heterocycles. The van der Waals surface area contributed by atoms with E-state index in [2.05, 4.69) is 25.5 Å². The van der Waals surface area contributed by atoms with Crippen molar-refractivity contribution in [3.63, 3.8) is 0 Å². The number of hydrogen-bond donors (Lipinski definition) is 3. The number of nitrogens with one attached hydrogen (secondary N) is 1. The Morgan fingerprint density at radius 1 is 1.33 bits per heavy atom. The Kier molecular flexibility index (Phi) is 6.35. The minimum atomic E-state index is -1.01. The van der Waals surface area contributed by atoms with E-state index in [9.17, 15) is 14.7 Å². The molecule has 0 aliphatic heterocycles. The predicted molar refractivity (Wildman–Crippen MR) is 120 cm³/mol. The highest BCUT2D eigenvalue weighted by molar-refractivity contribution is 7.18. The van der Waals surface area contributed by atoms with Gasteiger partial charge in [0.05, 0.1) is 22.9 Å². The fourth-order valence-corrected chi connectivity index (χ4v) is 4.27. The highest BCUT2D eigenvalue weighted by Gasteiger charge is 2.29. The molecule has 0 atom stereocenters. The zero-order chi connectivity index (χ0) is 23.5. The fraction of sp³-hybridized carbons (Fsp3) is 0.158. The summed E-state index contributed by atoms with van der Waals surface area (Å²) in [5.74, 6) is -1.69. The molecule has 4 rings (SSSR count). The molecule has 170 valence electrons. The van der Waals surface area contributed by atoms with Gasteiger partial charge in [-0.15, -0.1) is 10.2 Å². The zero-order valence-electron chi connectivity index (χ0n) is 17.0. The number of aromatic nitrogens is 5. The molecule has 0 aliphatic rings. The van der Waals surface area contributed by atoms with Crippen LogP contribution in [-0.4, -0.2) is 49.0 Å². The summed E-state index contributed by atoms with van der Waals surface area (Å²) in [6, 6.07) is 3.30. The molecule has 0 unspecified atom stereocenters. The predicted octanol–water partition coefficient (Wildman–Crippen LogP) is 1.82. The van der Waals surface area contributed by atoms with Crippen molar-refractivity contribution < 1.29 is 19.1 Å². The van der Waals surface area contributed by atoms with Crippen molar-refractivity contribution in [2.45, 2.75) is 0 Å². The van der Waals surface area contributed by atoms with E-state index in [1.807, 2.05) is 0 Å². The first-order valence-electron chi connectivity index (χ1n) is 9.34.